The molecule has 0 bridgehead atoms. The predicted octanol–water partition coefficient (Wildman–Crippen LogP) is 1.29. The summed E-state index contributed by atoms with van der Waals surface area (Å²) < 4.78 is 29.5. The SMILES string of the molecule is CO[C@@H](CNS(C)(=O)=O)c1ccc(C)s1. The molecule has 0 fully saturated rings. The molecule has 86 valence electrons. The molecule has 15 heavy (non-hydrogen) atoms. The van der Waals surface area contributed by atoms with Crippen molar-refractivity contribution in [2.75, 3.05) is 19.9 Å². The lowest BCUT2D eigenvalue weighted by molar-refractivity contribution is 0.110. The molecule has 0 aromatic carbocycles. The van der Waals surface area contributed by atoms with Gasteiger partial charge in [0.05, 0.1) is 6.26 Å². The van der Waals surface area contributed by atoms with Gasteiger partial charge in [-0.25, -0.2) is 13.1 Å². The minimum Gasteiger partial charge on any atom is -0.375 e. The Balaban J connectivity index is 2.65. The molecule has 0 amide bonds. The second kappa shape index (κ2) is 5.07. The van der Waals surface area contributed by atoms with Crippen LogP contribution in [-0.4, -0.2) is 28.3 Å². The Bertz CT molecular complexity index is 411. The van der Waals surface area contributed by atoms with Gasteiger partial charge in [0.1, 0.15) is 6.10 Å². The third kappa shape index (κ3) is 4.29. The predicted molar refractivity (Wildman–Crippen MR) is 61.7 cm³/mol. The molecule has 0 spiro atoms. The van der Waals surface area contributed by atoms with E-state index in [1.165, 1.54) is 4.88 Å². The van der Waals surface area contributed by atoms with Crippen molar-refractivity contribution in [1.82, 2.24) is 4.72 Å². The summed E-state index contributed by atoms with van der Waals surface area (Å²) in [5.41, 5.74) is 0. The number of hydrogen-bond acceptors (Lipinski definition) is 4. The molecule has 1 N–H and O–H groups in total. The van der Waals surface area contributed by atoms with E-state index in [0.29, 0.717) is 0 Å². The summed E-state index contributed by atoms with van der Waals surface area (Å²) in [7, 11) is -1.58. The van der Waals surface area contributed by atoms with Crippen LogP contribution in [0.2, 0.25) is 0 Å². The Hall–Kier alpha value is -0.430. The Labute approximate surface area is 94.3 Å². The number of aryl methyl sites for hydroxylation is 1. The summed E-state index contributed by atoms with van der Waals surface area (Å²) in [4.78, 5) is 2.22. The number of rotatable bonds is 5. The first-order valence-corrected chi connectivity index (χ1v) is 7.17. The van der Waals surface area contributed by atoms with Crippen LogP contribution in [0.4, 0.5) is 0 Å². The average molecular weight is 249 g/mol. The Morgan fingerprint density at radius 2 is 2.20 bits per heavy atom. The van der Waals surface area contributed by atoms with Crippen LogP contribution < -0.4 is 4.72 Å². The lowest BCUT2D eigenvalue weighted by atomic mass is 10.3. The summed E-state index contributed by atoms with van der Waals surface area (Å²) in [6.07, 6.45) is 0.928. The van der Waals surface area contributed by atoms with Gasteiger partial charge in [-0.3, -0.25) is 0 Å². The Morgan fingerprint density at radius 3 is 2.60 bits per heavy atom. The van der Waals surface area contributed by atoms with E-state index >= 15 is 0 Å². The minimum atomic E-state index is -3.16. The molecule has 6 heteroatoms. The number of hydrogen-bond donors (Lipinski definition) is 1. The van der Waals surface area contributed by atoms with Crippen LogP contribution in [0.5, 0.6) is 0 Å². The van der Waals surface area contributed by atoms with E-state index in [9.17, 15) is 8.42 Å². The largest absolute Gasteiger partial charge is 0.375 e. The van der Waals surface area contributed by atoms with Gasteiger partial charge in [-0.2, -0.15) is 0 Å². The van der Waals surface area contributed by atoms with Crippen molar-refractivity contribution in [3.63, 3.8) is 0 Å². The number of thiophene rings is 1. The summed E-state index contributed by atoms with van der Waals surface area (Å²) in [5.74, 6) is 0. The van der Waals surface area contributed by atoms with E-state index in [1.54, 1.807) is 18.4 Å². The number of methoxy groups -OCH3 is 1. The first kappa shape index (κ1) is 12.6. The van der Waals surface area contributed by atoms with Crippen molar-refractivity contribution < 1.29 is 13.2 Å². The van der Waals surface area contributed by atoms with Gasteiger partial charge < -0.3 is 4.74 Å². The normalized spacial score (nSPS) is 14.1. The lowest BCUT2D eigenvalue weighted by Gasteiger charge is -2.13. The van der Waals surface area contributed by atoms with Crippen molar-refractivity contribution in [3.05, 3.63) is 21.9 Å². The molecule has 1 atom stereocenters. The average Bonchev–Trinajstić information content (AvgIpc) is 2.51. The van der Waals surface area contributed by atoms with Crippen molar-refractivity contribution in [1.29, 1.82) is 0 Å². The lowest BCUT2D eigenvalue weighted by Crippen LogP contribution is -2.27. The molecule has 0 saturated carbocycles. The highest BCUT2D eigenvalue weighted by atomic mass is 32.2. The van der Waals surface area contributed by atoms with Gasteiger partial charge in [0.15, 0.2) is 0 Å². The molecule has 0 radical (unpaired) electrons. The van der Waals surface area contributed by atoms with Crippen LogP contribution in [0.15, 0.2) is 12.1 Å². The molecule has 0 aliphatic heterocycles. The molecule has 0 unspecified atom stereocenters. The molecule has 0 saturated heterocycles. The van der Waals surface area contributed by atoms with Crippen molar-refractivity contribution in [2.45, 2.75) is 13.0 Å². The van der Waals surface area contributed by atoms with E-state index in [4.69, 9.17) is 4.74 Å². The second-order valence-electron chi connectivity index (χ2n) is 3.29. The maximum Gasteiger partial charge on any atom is 0.208 e. The number of sulfonamides is 1. The van der Waals surface area contributed by atoms with E-state index in [2.05, 4.69) is 4.72 Å². The topological polar surface area (TPSA) is 55.4 Å². The first-order chi connectivity index (χ1) is 6.92. The van der Waals surface area contributed by atoms with Crippen LogP contribution in [0, 0.1) is 6.92 Å². The molecule has 1 rings (SSSR count). The van der Waals surface area contributed by atoms with E-state index in [-0.39, 0.29) is 12.6 Å². The maximum atomic E-state index is 10.9. The fourth-order valence-corrected chi connectivity index (χ4v) is 2.56. The van der Waals surface area contributed by atoms with Gasteiger partial charge in [0, 0.05) is 23.4 Å². The highest BCUT2D eigenvalue weighted by molar-refractivity contribution is 7.88. The molecular weight excluding hydrogens is 234 g/mol. The van der Waals surface area contributed by atoms with Gasteiger partial charge in [-0.05, 0) is 19.1 Å². The smallest absolute Gasteiger partial charge is 0.208 e. The van der Waals surface area contributed by atoms with Gasteiger partial charge >= 0.3 is 0 Å². The zero-order valence-electron chi connectivity index (χ0n) is 8.98. The molecule has 1 heterocycles. The molecule has 1 aromatic rings. The third-order valence-electron chi connectivity index (χ3n) is 1.89. The minimum absolute atomic E-state index is 0.210. The van der Waals surface area contributed by atoms with Crippen LogP contribution in [0.1, 0.15) is 15.9 Å². The van der Waals surface area contributed by atoms with E-state index in [1.807, 2.05) is 19.1 Å². The summed E-state index contributed by atoms with van der Waals surface area (Å²) >= 11 is 1.61. The molecule has 4 nitrogen and oxygen atoms in total. The van der Waals surface area contributed by atoms with Crippen LogP contribution in [0.3, 0.4) is 0 Å². The van der Waals surface area contributed by atoms with Crippen LogP contribution in [-0.2, 0) is 14.8 Å². The standard InChI is InChI=1S/C9H15NO3S2/c1-7-4-5-9(14-7)8(13-2)6-10-15(3,11)12/h4-5,8,10H,6H2,1-3H3/t8-/m0/s1. The molecular formula is C9H15NO3S2. The second-order valence-corrected chi connectivity index (χ2v) is 6.45. The van der Waals surface area contributed by atoms with Crippen molar-refractivity contribution in [2.24, 2.45) is 0 Å². The summed E-state index contributed by atoms with van der Waals surface area (Å²) in [6.45, 7) is 2.28. The van der Waals surface area contributed by atoms with E-state index in [0.717, 1.165) is 11.1 Å². The maximum absolute atomic E-state index is 10.9. The zero-order chi connectivity index (χ0) is 11.5. The summed E-state index contributed by atoms with van der Waals surface area (Å²) in [6, 6.07) is 3.95. The Morgan fingerprint density at radius 1 is 1.53 bits per heavy atom. The van der Waals surface area contributed by atoms with Crippen molar-refractivity contribution >= 4 is 21.4 Å². The van der Waals surface area contributed by atoms with Gasteiger partial charge in [-0.1, -0.05) is 0 Å². The first-order valence-electron chi connectivity index (χ1n) is 4.46. The summed E-state index contributed by atoms with van der Waals surface area (Å²) in [5, 5.41) is 0. The highest BCUT2D eigenvalue weighted by Gasteiger charge is 2.14. The molecule has 1 aromatic heterocycles. The van der Waals surface area contributed by atoms with Gasteiger partial charge in [0.25, 0.3) is 0 Å². The zero-order valence-corrected chi connectivity index (χ0v) is 10.6. The van der Waals surface area contributed by atoms with E-state index < -0.39 is 10.0 Å². The number of ether oxygens (including phenoxy) is 1. The van der Waals surface area contributed by atoms with Crippen LogP contribution in [0.25, 0.3) is 0 Å². The molecule has 0 aliphatic carbocycles. The van der Waals surface area contributed by atoms with Crippen LogP contribution >= 0.6 is 11.3 Å². The third-order valence-corrected chi connectivity index (χ3v) is 3.68. The Kier molecular flexibility index (Phi) is 4.27. The highest BCUT2D eigenvalue weighted by Crippen LogP contribution is 2.24. The fraction of sp³-hybridized carbons (Fsp3) is 0.556. The monoisotopic (exact) mass is 249 g/mol. The van der Waals surface area contributed by atoms with Crippen molar-refractivity contribution in [3.8, 4) is 0 Å². The van der Waals surface area contributed by atoms with Gasteiger partial charge in [0.2, 0.25) is 10.0 Å². The fourth-order valence-electron chi connectivity index (χ4n) is 1.15. The van der Waals surface area contributed by atoms with Gasteiger partial charge in [-0.15, -0.1) is 11.3 Å². The number of nitrogens with one attached hydrogen (secondary N) is 1. The molecule has 0 aliphatic rings. The quantitative estimate of drug-likeness (QED) is 0.855.